The summed E-state index contributed by atoms with van der Waals surface area (Å²) in [5.74, 6) is -1.10. The molecule has 0 bridgehead atoms. The Morgan fingerprint density at radius 2 is 2.04 bits per heavy atom. The first-order valence-corrected chi connectivity index (χ1v) is 9.54. The molecule has 130 valence electrons. The Morgan fingerprint density at radius 1 is 1.33 bits per heavy atom. The summed E-state index contributed by atoms with van der Waals surface area (Å²) < 4.78 is 27.8. The lowest BCUT2D eigenvalue weighted by Crippen LogP contribution is -2.42. The molecular weight excluding hydrogens is 330 g/mol. The van der Waals surface area contributed by atoms with Crippen molar-refractivity contribution in [1.82, 2.24) is 5.32 Å². The third-order valence-corrected chi connectivity index (χ3v) is 5.60. The van der Waals surface area contributed by atoms with Gasteiger partial charge in [-0.3, -0.25) is 4.79 Å². The van der Waals surface area contributed by atoms with Crippen molar-refractivity contribution in [1.29, 1.82) is 0 Å². The summed E-state index contributed by atoms with van der Waals surface area (Å²) in [5, 5.41) is 2.60. The number of carbonyl (C=O) groups excluding carboxylic acids is 2. The number of sulfone groups is 1. The van der Waals surface area contributed by atoms with Gasteiger partial charge in [0.05, 0.1) is 11.5 Å². The lowest BCUT2D eigenvalue weighted by molar-refractivity contribution is -0.150. The maximum Gasteiger partial charge on any atom is 0.331 e. The zero-order valence-corrected chi connectivity index (χ0v) is 14.5. The van der Waals surface area contributed by atoms with Gasteiger partial charge in [0.1, 0.15) is 0 Å². The molecule has 1 aromatic rings. The van der Waals surface area contributed by atoms with E-state index in [2.05, 4.69) is 5.32 Å². The minimum Gasteiger partial charge on any atom is -0.449 e. The van der Waals surface area contributed by atoms with Gasteiger partial charge in [-0.1, -0.05) is 24.3 Å². The number of hydrogen-bond acceptors (Lipinski definition) is 5. The number of esters is 1. The molecule has 6 nitrogen and oxygen atoms in total. The maximum absolute atomic E-state index is 12.0. The topological polar surface area (TPSA) is 89.5 Å². The van der Waals surface area contributed by atoms with Gasteiger partial charge in [-0.05, 0) is 37.5 Å². The Kier molecular flexibility index (Phi) is 5.77. The molecule has 1 fully saturated rings. The van der Waals surface area contributed by atoms with E-state index in [0.29, 0.717) is 6.42 Å². The monoisotopic (exact) mass is 351 g/mol. The van der Waals surface area contributed by atoms with Gasteiger partial charge < -0.3 is 10.1 Å². The molecule has 0 radical (unpaired) electrons. The third kappa shape index (κ3) is 5.19. The molecule has 1 N–H and O–H groups in total. The molecule has 1 aliphatic rings. The standard InChI is InChI=1S/C17H21NO5S/c1-12-5-3-4-6-14(12)7-8-16(19)23-13(2)17(20)18-15-9-10-24(21,22)11-15/h3-8,13,15H,9-11H2,1-2H3,(H,18,20)/b8-7+/t13-,15-/m0/s1. The van der Waals surface area contributed by atoms with Crippen molar-refractivity contribution in [2.75, 3.05) is 11.5 Å². The van der Waals surface area contributed by atoms with Crippen LogP contribution in [-0.2, 0) is 24.2 Å². The largest absolute Gasteiger partial charge is 0.449 e. The van der Waals surface area contributed by atoms with Gasteiger partial charge in [-0.2, -0.15) is 0 Å². The Bertz CT molecular complexity index is 754. The second-order valence-electron chi connectivity index (χ2n) is 5.88. The first-order chi connectivity index (χ1) is 11.3. The summed E-state index contributed by atoms with van der Waals surface area (Å²) in [7, 11) is -3.07. The van der Waals surface area contributed by atoms with Crippen LogP contribution in [0.5, 0.6) is 0 Å². The summed E-state index contributed by atoms with van der Waals surface area (Å²) in [6, 6.07) is 7.16. The summed E-state index contributed by atoms with van der Waals surface area (Å²) in [6.07, 6.45) is 2.31. The van der Waals surface area contributed by atoms with E-state index in [0.717, 1.165) is 11.1 Å². The minimum absolute atomic E-state index is 0.0629. The van der Waals surface area contributed by atoms with Crippen LogP contribution in [0.1, 0.15) is 24.5 Å². The molecule has 1 aromatic carbocycles. The zero-order chi connectivity index (χ0) is 17.7. The number of aryl methyl sites for hydroxylation is 1. The van der Waals surface area contributed by atoms with E-state index >= 15 is 0 Å². The number of amides is 1. The van der Waals surface area contributed by atoms with E-state index < -0.39 is 33.9 Å². The number of nitrogens with one attached hydrogen (secondary N) is 1. The first-order valence-electron chi connectivity index (χ1n) is 7.72. The minimum atomic E-state index is -3.07. The maximum atomic E-state index is 12.0. The summed E-state index contributed by atoms with van der Waals surface area (Å²) >= 11 is 0. The predicted octanol–water partition coefficient (Wildman–Crippen LogP) is 1.24. The van der Waals surface area contributed by atoms with Gasteiger partial charge in [-0.25, -0.2) is 13.2 Å². The van der Waals surface area contributed by atoms with Crippen LogP contribution >= 0.6 is 0 Å². The number of benzene rings is 1. The Labute approximate surface area is 141 Å². The average Bonchev–Trinajstić information content (AvgIpc) is 2.85. The molecule has 0 aromatic heterocycles. The van der Waals surface area contributed by atoms with Crippen LogP contribution < -0.4 is 5.32 Å². The normalized spacial score (nSPS) is 20.7. The third-order valence-electron chi connectivity index (χ3n) is 3.83. The molecule has 1 aliphatic heterocycles. The summed E-state index contributed by atoms with van der Waals surface area (Å²) in [5.41, 5.74) is 1.91. The number of ether oxygens (including phenoxy) is 1. The van der Waals surface area contributed by atoms with Gasteiger partial charge in [0.25, 0.3) is 5.91 Å². The van der Waals surface area contributed by atoms with Crippen molar-refractivity contribution < 1.29 is 22.7 Å². The predicted molar refractivity (Wildman–Crippen MR) is 91.0 cm³/mol. The molecule has 0 saturated carbocycles. The quantitative estimate of drug-likeness (QED) is 0.637. The molecule has 0 unspecified atom stereocenters. The van der Waals surface area contributed by atoms with Crippen LogP contribution in [0.2, 0.25) is 0 Å². The first kappa shape index (κ1) is 18.2. The number of rotatable bonds is 5. The highest BCUT2D eigenvalue weighted by molar-refractivity contribution is 7.91. The molecule has 2 atom stereocenters. The van der Waals surface area contributed by atoms with Crippen LogP contribution in [-0.4, -0.2) is 43.9 Å². The Hall–Kier alpha value is -2.15. The van der Waals surface area contributed by atoms with Gasteiger partial charge in [0.2, 0.25) is 0 Å². The molecular formula is C17H21NO5S. The fourth-order valence-corrected chi connectivity index (χ4v) is 4.10. The molecule has 24 heavy (non-hydrogen) atoms. The second-order valence-corrected chi connectivity index (χ2v) is 8.11. The smallest absolute Gasteiger partial charge is 0.331 e. The highest BCUT2D eigenvalue weighted by atomic mass is 32.2. The van der Waals surface area contributed by atoms with Crippen LogP contribution in [0.15, 0.2) is 30.3 Å². The van der Waals surface area contributed by atoms with Gasteiger partial charge in [0.15, 0.2) is 15.9 Å². The highest BCUT2D eigenvalue weighted by Gasteiger charge is 2.30. The van der Waals surface area contributed by atoms with E-state index in [1.54, 1.807) is 6.08 Å². The molecule has 0 spiro atoms. The Morgan fingerprint density at radius 3 is 2.67 bits per heavy atom. The molecule has 1 amide bonds. The second kappa shape index (κ2) is 7.61. The Balaban J connectivity index is 1.85. The summed E-state index contributed by atoms with van der Waals surface area (Å²) in [4.78, 5) is 23.8. The summed E-state index contributed by atoms with van der Waals surface area (Å²) in [6.45, 7) is 3.38. The van der Waals surface area contributed by atoms with Crippen LogP contribution in [0.25, 0.3) is 6.08 Å². The van der Waals surface area contributed by atoms with Crippen molar-refractivity contribution in [2.24, 2.45) is 0 Å². The SMILES string of the molecule is Cc1ccccc1/C=C/C(=O)O[C@@H](C)C(=O)N[C@H]1CCS(=O)(=O)C1. The lowest BCUT2D eigenvalue weighted by atomic mass is 10.1. The molecule has 1 heterocycles. The van der Waals surface area contributed by atoms with Crippen molar-refractivity contribution >= 4 is 27.8 Å². The number of hydrogen-bond donors (Lipinski definition) is 1. The van der Waals surface area contributed by atoms with Gasteiger partial charge in [-0.15, -0.1) is 0 Å². The van der Waals surface area contributed by atoms with E-state index in [1.807, 2.05) is 31.2 Å². The number of carbonyl (C=O) groups is 2. The van der Waals surface area contributed by atoms with Crippen LogP contribution in [0, 0.1) is 6.92 Å². The van der Waals surface area contributed by atoms with E-state index in [1.165, 1.54) is 13.0 Å². The molecule has 1 saturated heterocycles. The van der Waals surface area contributed by atoms with Crippen molar-refractivity contribution in [3.8, 4) is 0 Å². The van der Waals surface area contributed by atoms with Crippen LogP contribution in [0.4, 0.5) is 0 Å². The lowest BCUT2D eigenvalue weighted by Gasteiger charge is -2.15. The molecule has 7 heteroatoms. The van der Waals surface area contributed by atoms with E-state index in [-0.39, 0.29) is 11.5 Å². The van der Waals surface area contributed by atoms with Crippen molar-refractivity contribution in [3.05, 3.63) is 41.5 Å². The zero-order valence-electron chi connectivity index (χ0n) is 13.7. The molecule has 2 rings (SSSR count). The fraction of sp³-hybridized carbons (Fsp3) is 0.412. The van der Waals surface area contributed by atoms with Gasteiger partial charge in [0, 0.05) is 12.1 Å². The highest BCUT2D eigenvalue weighted by Crippen LogP contribution is 2.12. The van der Waals surface area contributed by atoms with Gasteiger partial charge >= 0.3 is 5.97 Å². The van der Waals surface area contributed by atoms with Crippen molar-refractivity contribution in [2.45, 2.75) is 32.4 Å². The average molecular weight is 351 g/mol. The van der Waals surface area contributed by atoms with E-state index in [9.17, 15) is 18.0 Å². The van der Waals surface area contributed by atoms with E-state index in [4.69, 9.17) is 4.74 Å². The molecule has 0 aliphatic carbocycles. The van der Waals surface area contributed by atoms with Crippen molar-refractivity contribution in [3.63, 3.8) is 0 Å². The van der Waals surface area contributed by atoms with Crippen LogP contribution in [0.3, 0.4) is 0 Å². The fourth-order valence-electron chi connectivity index (χ4n) is 2.43.